The van der Waals surface area contributed by atoms with Gasteiger partial charge in [-0.2, -0.15) is 0 Å². The van der Waals surface area contributed by atoms with Crippen molar-refractivity contribution in [3.63, 3.8) is 0 Å². The molecule has 29 aromatic rings. The van der Waals surface area contributed by atoms with E-state index in [1.54, 1.807) is 0 Å². The van der Waals surface area contributed by atoms with Crippen molar-refractivity contribution < 1.29 is 0 Å². The van der Waals surface area contributed by atoms with E-state index >= 15 is 0 Å². The van der Waals surface area contributed by atoms with Crippen LogP contribution in [0.1, 0.15) is 0 Å². The Balaban J connectivity index is 0.000000109. The first-order valence-corrected chi connectivity index (χ1v) is 49.4. The van der Waals surface area contributed by atoms with E-state index in [9.17, 15) is 0 Å². The van der Waals surface area contributed by atoms with Crippen molar-refractivity contribution in [1.82, 2.24) is 44.9 Å². The third kappa shape index (κ3) is 16.2. The summed E-state index contributed by atoms with van der Waals surface area (Å²) >= 11 is 0. The molecule has 0 saturated carbocycles. The van der Waals surface area contributed by atoms with E-state index in [2.05, 4.69) is 510 Å². The van der Waals surface area contributed by atoms with Crippen LogP contribution in [0.3, 0.4) is 0 Å². The summed E-state index contributed by atoms with van der Waals surface area (Å²) in [6.07, 6.45) is 0. The maximum absolute atomic E-state index is 5.24. The fourth-order valence-corrected chi connectivity index (χ4v) is 21.1. The molecule has 0 aliphatic carbocycles. The summed E-state index contributed by atoms with van der Waals surface area (Å²) in [6, 6.07) is 182. The number of hydrogen-bond donors (Lipinski definition) is 0. The molecular weight excluding hydrogens is 1770 g/mol. The molecule has 0 aliphatic rings. The Morgan fingerprint density at radius 2 is 0.233 bits per heavy atom. The number of aromatic nitrogens is 9. The lowest BCUT2D eigenvalue weighted by Gasteiger charge is -2.14. The van der Waals surface area contributed by atoms with Gasteiger partial charge in [-0.25, -0.2) is 44.9 Å². The first-order chi connectivity index (χ1) is 72.3. The smallest absolute Gasteiger partial charge is 0.164 e. The Morgan fingerprint density at radius 1 is 0.0753 bits per heavy atom. The van der Waals surface area contributed by atoms with Crippen molar-refractivity contribution in [2.75, 3.05) is 0 Å². The van der Waals surface area contributed by atoms with Crippen LogP contribution in [0.15, 0.2) is 516 Å². The quantitative estimate of drug-likeness (QED) is 0.110. The fraction of sp³-hybridized carbons (Fsp3) is 0. The zero-order chi connectivity index (χ0) is 96.5. The first-order valence-electron chi connectivity index (χ1n) is 49.4. The lowest BCUT2D eigenvalue weighted by Crippen LogP contribution is -2.00. The average molecular weight is 1860 g/mol. The maximum Gasteiger partial charge on any atom is 0.164 e. The largest absolute Gasteiger partial charge is 0.208 e. The summed E-state index contributed by atoms with van der Waals surface area (Å²) < 4.78 is 0. The topological polar surface area (TPSA) is 116 Å². The van der Waals surface area contributed by atoms with Crippen LogP contribution in [0.25, 0.3) is 287 Å². The van der Waals surface area contributed by atoms with Crippen LogP contribution in [0.4, 0.5) is 0 Å². The summed E-state index contributed by atoms with van der Waals surface area (Å²) in [4.78, 5) is 45.9. The maximum atomic E-state index is 5.24. The van der Waals surface area contributed by atoms with E-state index in [4.69, 9.17) is 44.9 Å². The Bertz CT molecular complexity index is 9750. The average Bonchev–Trinajstić information content (AvgIpc) is 0.735. The van der Waals surface area contributed by atoms with Crippen LogP contribution in [0.2, 0.25) is 0 Å². The minimum absolute atomic E-state index is 0.640. The van der Waals surface area contributed by atoms with Crippen LogP contribution in [0.5, 0.6) is 0 Å². The van der Waals surface area contributed by atoms with Crippen LogP contribution in [-0.2, 0) is 0 Å². The van der Waals surface area contributed by atoms with Gasteiger partial charge in [0.05, 0.1) is 0 Å². The molecule has 0 aliphatic heterocycles. The third-order valence-corrected chi connectivity index (χ3v) is 28.6. The Hall–Kier alpha value is -19.6. The molecule has 0 N–H and O–H groups in total. The van der Waals surface area contributed by atoms with Gasteiger partial charge in [0.15, 0.2) is 52.4 Å². The minimum Gasteiger partial charge on any atom is -0.208 e. The van der Waals surface area contributed by atoms with Crippen molar-refractivity contribution in [3.8, 4) is 136 Å². The molecule has 0 radical (unpaired) electrons. The van der Waals surface area contributed by atoms with Gasteiger partial charge in [-0.15, -0.1) is 0 Å². The third-order valence-electron chi connectivity index (χ3n) is 28.6. The molecule has 678 valence electrons. The van der Waals surface area contributed by atoms with E-state index in [1.165, 1.54) is 146 Å². The van der Waals surface area contributed by atoms with Crippen LogP contribution >= 0.6 is 0 Å². The Labute approximate surface area is 841 Å². The summed E-state index contributed by atoms with van der Waals surface area (Å²) in [5.41, 5.74) is 15.6. The summed E-state index contributed by atoms with van der Waals surface area (Å²) in [5, 5.41) is 34.1. The minimum atomic E-state index is 0.640. The summed E-state index contributed by atoms with van der Waals surface area (Å²) in [6.45, 7) is 0. The second-order valence-corrected chi connectivity index (χ2v) is 37.4. The molecule has 146 heavy (non-hydrogen) atoms. The molecule has 0 spiro atoms. The normalized spacial score (nSPS) is 11.6. The van der Waals surface area contributed by atoms with E-state index < -0.39 is 0 Å². The SMILES string of the molecule is c1ccc(-c2ccc(-c3nc(-c4ccc(-c5ccc6ccccc6c5)cc4)nc(-c4ccc(-c5ccc6ccccc6c5)cc4)n3)cc2)cc1.c1ccc2cc(-c3nc(-c4ccc5c(ccc6ccccc65)c4)nc(-c4ccc5c(ccc6ccccc65)c4)n3)ccc2c1.c1ccc2cc(-c3nc(-c4ccc5c6ccccc6c6ccccc6c5c4)nc(-c4ccc5c6ccccc6c6ccccc6c5c4)n3)ccc2c1. The van der Waals surface area contributed by atoms with E-state index in [0.29, 0.717) is 52.4 Å². The van der Waals surface area contributed by atoms with Gasteiger partial charge >= 0.3 is 0 Å². The predicted molar refractivity (Wildman–Crippen MR) is 610 cm³/mol. The van der Waals surface area contributed by atoms with Gasteiger partial charge in [0.1, 0.15) is 0 Å². The molecule has 0 bridgehead atoms. The van der Waals surface area contributed by atoms with Crippen molar-refractivity contribution in [1.29, 1.82) is 0 Å². The van der Waals surface area contributed by atoms with E-state index in [1.807, 2.05) is 6.07 Å². The lowest BCUT2D eigenvalue weighted by molar-refractivity contribution is 1.07. The number of benzene rings is 26. The first kappa shape index (κ1) is 85.6. The predicted octanol–water partition coefficient (Wildman–Crippen LogP) is 35.8. The second-order valence-electron chi connectivity index (χ2n) is 37.4. The number of hydrogen-bond acceptors (Lipinski definition) is 9. The highest BCUT2D eigenvalue weighted by Gasteiger charge is 2.22. The zero-order valence-electron chi connectivity index (χ0n) is 79.1. The molecule has 0 unspecified atom stereocenters. The van der Waals surface area contributed by atoms with E-state index in [-0.39, 0.29) is 0 Å². The molecule has 0 fully saturated rings. The number of rotatable bonds is 12. The highest BCUT2D eigenvalue weighted by Crippen LogP contribution is 2.44. The molecule has 0 saturated heterocycles. The van der Waals surface area contributed by atoms with Gasteiger partial charge in [0, 0.05) is 50.1 Å². The fourth-order valence-electron chi connectivity index (χ4n) is 21.1. The molecule has 3 heterocycles. The van der Waals surface area contributed by atoms with Crippen molar-refractivity contribution in [2.24, 2.45) is 0 Å². The van der Waals surface area contributed by atoms with Gasteiger partial charge in [0.2, 0.25) is 0 Å². The molecule has 3 aromatic heterocycles. The highest BCUT2D eigenvalue weighted by molar-refractivity contribution is 6.27. The standard InChI is InChI=1S/C49H29N3.C47H31N3.C41H25N3/c1-2-12-31-27-32(22-21-30(31)11-1)47-50-48(33-23-25-43-39-17-5-3-13-35(39)37-15-7-9-19-41(37)45(43)28-33)52-49(51-47)34-24-26-44-40-18-6-4-14-36(40)38-16-8-10-20-42(38)46(44)29-34;1-2-8-32(9-3-1)35-14-22-38(23-15-35)45-48-46(39-24-16-36(17-25-39)43-28-20-33-10-4-6-12-41(33)30-43)50-47(49-45)40-26-18-37(19-27-40)44-29-21-34-11-5-7-13-42(34)31-44;1-2-10-29-23-32(18-13-26(29)7-1)39-42-40(33-19-21-37-30(24-33)16-14-27-8-3-5-11-35(27)37)44-41(43-39)34-20-22-38-31(25-34)17-15-28-9-4-6-12-36(28)38/h1-29H;1-31H;1-25H. The van der Waals surface area contributed by atoms with Gasteiger partial charge in [-0.05, 0) is 233 Å². The number of fused-ring (bicyclic) bond motifs is 22. The monoisotopic (exact) mass is 1860 g/mol. The molecule has 9 nitrogen and oxygen atoms in total. The van der Waals surface area contributed by atoms with Gasteiger partial charge < -0.3 is 0 Å². The molecule has 0 amide bonds. The van der Waals surface area contributed by atoms with Gasteiger partial charge in [-0.1, -0.05) is 467 Å². The molecular formula is C137H85N9. The second kappa shape index (κ2) is 36.6. The summed E-state index contributed by atoms with van der Waals surface area (Å²) in [7, 11) is 0. The van der Waals surface area contributed by atoms with Crippen LogP contribution in [-0.4, -0.2) is 44.9 Å². The van der Waals surface area contributed by atoms with Crippen molar-refractivity contribution in [3.05, 3.63) is 516 Å². The van der Waals surface area contributed by atoms with Crippen LogP contribution in [0, 0.1) is 0 Å². The van der Waals surface area contributed by atoms with Crippen molar-refractivity contribution >= 4 is 151 Å². The van der Waals surface area contributed by atoms with Gasteiger partial charge in [0.25, 0.3) is 0 Å². The highest BCUT2D eigenvalue weighted by atomic mass is 15.1. The Kier molecular flexibility index (Phi) is 21.4. The molecule has 0 atom stereocenters. The van der Waals surface area contributed by atoms with Crippen molar-refractivity contribution in [2.45, 2.75) is 0 Å². The molecule has 26 aromatic carbocycles. The van der Waals surface area contributed by atoms with E-state index in [0.717, 1.165) is 88.3 Å². The summed E-state index contributed by atoms with van der Waals surface area (Å²) in [5.74, 6) is 5.85. The zero-order valence-corrected chi connectivity index (χ0v) is 79.1. The number of nitrogens with zero attached hydrogens (tertiary/aromatic N) is 9. The van der Waals surface area contributed by atoms with Gasteiger partial charge in [-0.3, -0.25) is 0 Å². The van der Waals surface area contributed by atoms with Crippen LogP contribution < -0.4 is 0 Å². The molecule has 9 heteroatoms. The Morgan fingerprint density at radius 3 is 0.534 bits per heavy atom. The molecule has 29 rings (SSSR count). The lowest BCUT2D eigenvalue weighted by atomic mass is 9.93.